The van der Waals surface area contributed by atoms with E-state index in [1.54, 1.807) is 0 Å². The van der Waals surface area contributed by atoms with Gasteiger partial charge in [0, 0.05) is 37.6 Å². The van der Waals surface area contributed by atoms with Crippen molar-refractivity contribution in [2.45, 2.75) is 45.2 Å². The van der Waals surface area contributed by atoms with Crippen molar-refractivity contribution < 1.29 is 13.9 Å². The summed E-state index contributed by atoms with van der Waals surface area (Å²) in [6, 6.07) is 4.31. The van der Waals surface area contributed by atoms with Gasteiger partial charge in [-0.25, -0.2) is 9.97 Å². The van der Waals surface area contributed by atoms with Crippen molar-refractivity contribution in [3.8, 4) is 0 Å². The minimum Gasteiger partial charge on any atom is -0.465 e. The van der Waals surface area contributed by atoms with Crippen LogP contribution in [0.5, 0.6) is 0 Å². The molecule has 0 saturated carbocycles. The van der Waals surface area contributed by atoms with Crippen molar-refractivity contribution >= 4 is 27.4 Å². The maximum Gasteiger partial charge on any atom is 0.146 e. The fourth-order valence-electron chi connectivity index (χ4n) is 5.48. The van der Waals surface area contributed by atoms with E-state index in [-0.39, 0.29) is 6.04 Å². The van der Waals surface area contributed by atoms with Gasteiger partial charge in [0.25, 0.3) is 0 Å². The smallest absolute Gasteiger partial charge is 0.146 e. The fraction of sp³-hybridized carbons (Fsp3) is 0.615. The lowest BCUT2D eigenvalue weighted by atomic mass is 9.97. The van der Waals surface area contributed by atoms with Gasteiger partial charge in [-0.05, 0) is 50.3 Å². The fourth-order valence-corrected chi connectivity index (χ4v) is 6.76. The first kappa shape index (κ1) is 23.4. The topological polar surface area (TPSA) is 75.9 Å². The Morgan fingerprint density at radius 2 is 1.77 bits per heavy atom. The molecule has 1 N–H and O–H groups in total. The summed E-state index contributed by atoms with van der Waals surface area (Å²) in [7, 11) is 0. The molecule has 2 fully saturated rings. The lowest BCUT2D eigenvalue weighted by Gasteiger charge is -2.33. The number of nitrogens with one attached hydrogen (secondary N) is 1. The van der Waals surface area contributed by atoms with Gasteiger partial charge in [-0.3, -0.25) is 9.80 Å². The van der Waals surface area contributed by atoms with Crippen LogP contribution >= 0.6 is 11.3 Å². The van der Waals surface area contributed by atoms with Crippen LogP contribution in [0.15, 0.2) is 16.5 Å². The molecule has 1 atom stereocenters. The Bertz CT molecular complexity index is 1150. The standard InChI is InChI=1S/C26H35N5O3S/c1-18-6-7-21(34-18)20(31-10-14-33-15-11-31)16-27-25-24-19-4-2-3-5-22(19)35-26(24)29-23(28-25)17-30-8-12-32-13-9-30/h6-7,20H,2-5,8-17H2,1H3,(H,27,28,29). The summed E-state index contributed by atoms with van der Waals surface area (Å²) in [6.07, 6.45) is 4.81. The lowest BCUT2D eigenvalue weighted by Crippen LogP contribution is -2.41. The van der Waals surface area contributed by atoms with Gasteiger partial charge < -0.3 is 19.2 Å². The number of hydrogen-bond donors (Lipinski definition) is 1. The van der Waals surface area contributed by atoms with Gasteiger partial charge >= 0.3 is 0 Å². The average Bonchev–Trinajstić information content (AvgIpc) is 3.48. The first-order chi connectivity index (χ1) is 17.2. The average molecular weight is 498 g/mol. The Morgan fingerprint density at radius 3 is 2.54 bits per heavy atom. The maximum atomic E-state index is 6.10. The second kappa shape index (κ2) is 10.5. The number of morpholine rings is 2. The molecule has 188 valence electrons. The molecule has 0 spiro atoms. The highest BCUT2D eigenvalue weighted by Crippen LogP contribution is 2.39. The number of thiophene rings is 1. The predicted molar refractivity (Wildman–Crippen MR) is 137 cm³/mol. The molecule has 3 aromatic rings. The third kappa shape index (κ3) is 5.11. The SMILES string of the molecule is Cc1ccc(C(CNc2nc(CN3CCOCC3)nc3sc4c(c23)CCCC4)N2CCOCC2)o1. The normalized spacial score (nSPS) is 20.7. The van der Waals surface area contributed by atoms with Gasteiger partial charge in [0.1, 0.15) is 28.0 Å². The van der Waals surface area contributed by atoms with E-state index in [9.17, 15) is 0 Å². The van der Waals surface area contributed by atoms with Crippen LogP contribution in [0.4, 0.5) is 5.82 Å². The number of aryl methyl sites for hydroxylation is 3. The summed E-state index contributed by atoms with van der Waals surface area (Å²) in [5, 5.41) is 5.02. The van der Waals surface area contributed by atoms with Gasteiger partial charge in [-0.1, -0.05) is 0 Å². The van der Waals surface area contributed by atoms with E-state index in [0.29, 0.717) is 0 Å². The minimum atomic E-state index is 0.134. The van der Waals surface area contributed by atoms with Crippen molar-refractivity contribution in [3.05, 3.63) is 39.9 Å². The Morgan fingerprint density at radius 1 is 1.00 bits per heavy atom. The molecular weight excluding hydrogens is 462 g/mol. The third-order valence-electron chi connectivity index (χ3n) is 7.37. The van der Waals surface area contributed by atoms with Crippen molar-refractivity contribution in [2.75, 3.05) is 64.5 Å². The monoisotopic (exact) mass is 497 g/mol. The van der Waals surface area contributed by atoms with Gasteiger partial charge in [0.05, 0.1) is 44.4 Å². The van der Waals surface area contributed by atoms with Crippen molar-refractivity contribution in [2.24, 2.45) is 0 Å². The van der Waals surface area contributed by atoms with Gasteiger partial charge in [-0.15, -0.1) is 11.3 Å². The first-order valence-corrected chi connectivity index (χ1v) is 13.8. The summed E-state index contributed by atoms with van der Waals surface area (Å²) in [5.41, 5.74) is 1.47. The van der Waals surface area contributed by atoms with E-state index in [4.69, 9.17) is 23.9 Å². The van der Waals surface area contributed by atoms with E-state index in [0.717, 1.165) is 107 Å². The van der Waals surface area contributed by atoms with Crippen LogP contribution in [-0.4, -0.2) is 78.9 Å². The highest BCUT2D eigenvalue weighted by molar-refractivity contribution is 7.19. The zero-order chi connectivity index (χ0) is 23.6. The van der Waals surface area contributed by atoms with Crippen molar-refractivity contribution in [1.82, 2.24) is 19.8 Å². The second-order valence-electron chi connectivity index (χ2n) is 9.76. The van der Waals surface area contributed by atoms with Crippen LogP contribution in [0.1, 0.15) is 46.7 Å². The number of hydrogen-bond acceptors (Lipinski definition) is 9. The molecule has 5 heterocycles. The molecule has 0 radical (unpaired) electrons. The van der Waals surface area contributed by atoms with Gasteiger partial charge in [0.2, 0.25) is 0 Å². The van der Waals surface area contributed by atoms with E-state index in [1.807, 2.05) is 18.3 Å². The maximum absolute atomic E-state index is 6.10. The molecule has 1 aliphatic carbocycles. The lowest BCUT2D eigenvalue weighted by molar-refractivity contribution is 0.0143. The Kier molecular flexibility index (Phi) is 7.02. The van der Waals surface area contributed by atoms with E-state index >= 15 is 0 Å². The molecule has 0 bridgehead atoms. The zero-order valence-electron chi connectivity index (χ0n) is 20.6. The molecule has 9 heteroatoms. The molecular formula is C26H35N5O3S. The largest absolute Gasteiger partial charge is 0.465 e. The number of furan rings is 1. The third-order valence-corrected chi connectivity index (χ3v) is 8.55. The van der Waals surface area contributed by atoms with Crippen LogP contribution in [0.2, 0.25) is 0 Å². The zero-order valence-corrected chi connectivity index (χ0v) is 21.4. The quantitative estimate of drug-likeness (QED) is 0.529. The summed E-state index contributed by atoms with van der Waals surface area (Å²) in [5.74, 6) is 3.84. The summed E-state index contributed by atoms with van der Waals surface area (Å²) in [6.45, 7) is 10.3. The highest BCUT2D eigenvalue weighted by Gasteiger charge is 2.27. The molecule has 6 rings (SSSR count). The first-order valence-electron chi connectivity index (χ1n) is 13.0. The Hall–Kier alpha value is -2.04. The van der Waals surface area contributed by atoms with Crippen molar-refractivity contribution in [3.63, 3.8) is 0 Å². The van der Waals surface area contributed by atoms with Crippen LogP contribution in [0, 0.1) is 6.92 Å². The number of nitrogens with zero attached hydrogens (tertiary/aromatic N) is 4. The van der Waals surface area contributed by atoms with E-state index in [1.165, 1.54) is 28.7 Å². The van der Waals surface area contributed by atoms with Crippen LogP contribution < -0.4 is 5.32 Å². The molecule has 0 aromatic carbocycles. The molecule has 35 heavy (non-hydrogen) atoms. The molecule has 2 saturated heterocycles. The molecule has 2 aliphatic heterocycles. The van der Waals surface area contributed by atoms with Crippen molar-refractivity contribution in [1.29, 1.82) is 0 Å². The minimum absolute atomic E-state index is 0.134. The van der Waals surface area contributed by atoms with Gasteiger partial charge in [-0.2, -0.15) is 0 Å². The Balaban J connectivity index is 1.32. The molecule has 3 aromatic heterocycles. The molecule has 0 amide bonds. The summed E-state index contributed by atoms with van der Waals surface area (Å²) >= 11 is 1.87. The van der Waals surface area contributed by atoms with Gasteiger partial charge in [0.15, 0.2) is 0 Å². The molecule has 1 unspecified atom stereocenters. The number of anilines is 1. The Labute approximate surface area is 210 Å². The van der Waals surface area contributed by atoms with Crippen LogP contribution in [-0.2, 0) is 28.9 Å². The van der Waals surface area contributed by atoms with E-state index < -0.39 is 0 Å². The molecule has 8 nitrogen and oxygen atoms in total. The number of rotatable bonds is 7. The second-order valence-corrected chi connectivity index (χ2v) is 10.8. The van der Waals surface area contributed by atoms with Crippen LogP contribution in [0.3, 0.4) is 0 Å². The van der Waals surface area contributed by atoms with E-state index in [2.05, 4.69) is 27.2 Å². The molecule has 3 aliphatic rings. The predicted octanol–water partition coefficient (Wildman–Crippen LogP) is 3.79. The summed E-state index contributed by atoms with van der Waals surface area (Å²) in [4.78, 5) is 17.7. The highest BCUT2D eigenvalue weighted by atomic mass is 32.1. The summed E-state index contributed by atoms with van der Waals surface area (Å²) < 4.78 is 17.3. The number of aromatic nitrogens is 2. The van der Waals surface area contributed by atoms with Crippen LogP contribution in [0.25, 0.3) is 10.2 Å². The number of fused-ring (bicyclic) bond motifs is 3. The number of ether oxygens (including phenoxy) is 2.